The first kappa shape index (κ1) is 14.7. The molecule has 0 fully saturated rings. The van der Waals surface area contributed by atoms with Gasteiger partial charge in [0.1, 0.15) is 0 Å². The molecule has 18 heavy (non-hydrogen) atoms. The van der Waals surface area contributed by atoms with Gasteiger partial charge in [0.05, 0.1) is 10.6 Å². The van der Waals surface area contributed by atoms with Gasteiger partial charge in [0, 0.05) is 12.2 Å². The largest absolute Gasteiger partial charge is 0.349 e. The third-order valence-corrected chi connectivity index (χ3v) is 3.09. The fourth-order valence-electron chi connectivity index (χ4n) is 1.66. The van der Waals surface area contributed by atoms with Gasteiger partial charge in [-0.2, -0.15) is 0 Å². The highest BCUT2D eigenvalue weighted by Crippen LogP contribution is 2.19. The minimum atomic E-state index is -0.173. The van der Waals surface area contributed by atoms with Crippen molar-refractivity contribution in [1.82, 2.24) is 10.3 Å². The molecule has 1 aromatic heterocycles. The third-order valence-electron chi connectivity index (χ3n) is 2.80. The van der Waals surface area contributed by atoms with Gasteiger partial charge >= 0.3 is 0 Å². The molecular weight excluding hydrogens is 252 g/mol. The molecular formula is C12H19ClN4O. The van der Waals surface area contributed by atoms with Gasteiger partial charge in [-0.15, -0.1) is 0 Å². The minimum absolute atomic E-state index is 0.142. The summed E-state index contributed by atoms with van der Waals surface area (Å²) in [5.74, 6) is 5.78. The number of aromatic nitrogens is 1. The number of rotatable bonds is 5. The Morgan fingerprint density at radius 3 is 2.67 bits per heavy atom. The van der Waals surface area contributed by atoms with E-state index >= 15 is 0 Å². The number of hydrazine groups is 1. The van der Waals surface area contributed by atoms with Crippen LogP contribution >= 0.6 is 11.6 Å². The van der Waals surface area contributed by atoms with Crippen LogP contribution in [0.5, 0.6) is 0 Å². The number of anilines is 1. The lowest BCUT2D eigenvalue weighted by molar-refractivity contribution is 0.0924. The highest BCUT2D eigenvalue weighted by Gasteiger charge is 2.16. The van der Waals surface area contributed by atoms with Crippen molar-refractivity contribution in [1.29, 1.82) is 0 Å². The van der Waals surface area contributed by atoms with Gasteiger partial charge in [-0.05, 0) is 18.4 Å². The topological polar surface area (TPSA) is 80.0 Å². The maximum atomic E-state index is 12.0. The van der Waals surface area contributed by atoms with Crippen LogP contribution in [-0.2, 0) is 0 Å². The summed E-state index contributed by atoms with van der Waals surface area (Å²) in [6, 6.07) is 1.69. The fourth-order valence-corrected chi connectivity index (χ4v) is 1.88. The van der Waals surface area contributed by atoms with Gasteiger partial charge in [-0.25, -0.2) is 10.8 Å². The Morgan fingerprint density at radius 2 is 2.22 bits per heavy atom. The van der Waals surface area contributed by atoms with Gasteiger partial charge < -0.3 is 10.7 Å². The van der Waals surface area contributed by atoms with Gasteiger partial charge in [-0.1, -0.05) is 32.4 Å². The molecule has 0 saturated carbocycles. The number of amides is 1. The number of hydrogen-bond acceptors (Lipinski definition) is 4. The van der Waals surface area contributed by atoms with E-state index in [0.29, 0.717) is 22.3 Å². The molecule has 0 spiro atoms. The smallest absolute Gasteiger partial charge is 0.253 e. The first-order valence-electron chi connectivity index (χ1n) is 5.92. The van der Waals surface area contributed by atoms with Gasteiger partial charge in [0.15, 0.2) is 5.82 Å². The molecule has 1 aromatic rings. The highest BCUT2D eigenvalue weighted by molar-refractivity contribution is 6.33. The summed E-state index contributed by atoms with van der Waals surface area (Å²) in [6.45, 7) is 6.18. The molecule has 6 heteroatoms. The Balaban J connectivity index is 2.81. The van der Waals surface area contributed by atoms with Crippen LogP contribution in [0.2, 0.25) is 5.02 Å². The van der Waals surface area contributed by atoms with E-state index in [1.807, 2.05) is 6.92 Å². The number of pyridine rings is 1. The van der Waals surface area contributed by atoms with Crippen molar-refractivity contribution in [3.63, 3.8) is 0 Å². The van der Waals surface area contributed by atoms with Crippen molar-refractivity contribution in [2.45, 2.75) is 33.2 Å². The summed E-state index contributed by atoms with van der Waals surface area (Å²) < 4.78 is 0. The predicted molar refractivity (Wildman–Crippen MR) is 73.4 cm³/mol. The summed E-state index contributed by atoms with van der Waals surface area (Å²) in [4.78, 5) is 16.0. The van der Waals surface area contributed by atoms with Crippen LogP contribution in [0.15, 0.2) is 12.3 Å². The summed E-state index contributed by atoms with van der Waals surface area (Å²) in [7, 11) is 0. The van der Waals surface area contributed by atoms with E-state index in [0.717, 1.165) is 6.42 Å². The number of halogens is 1. The highest BCUT2D eigenvalue weighted by atomic mass is 35.5. The Morgan fingerprint density at radius 1 is 1.56 bits per heavy atom. The Kier molecular flexibility index (Phi) is 5.37. The second-order valence-electron chi connectivity index (χ2n) is 4.43. The van der Waals surface area contributed by atoms with Crippen molar-refractivity contribution in [3.8, 4) is 0 Å². The molecule has 5 nitrogen and oxygen atoms in total. The van der Waals surface area contributed by atoms with Crippen LogP contribution in [0, 0.1) is 5.92 Å². The summed E-state index contributed by atoms with van der Waals surface area (Å²) >= 11 is 5.92. The average Bonchev–Trinajstić information content (AvgIpc) is 2.35. The SMILES string of the molecule is CCC(NC(=O)c1cnc(NN)c(Cl)c1)C(C)C. The van der Waals surface area contributed by atoms with Crippen molar-refractivity contribution in [2.75, 3.05) is 5.43 Å². The van der Waals surface area contributed by atoms with Crippen molar-refractivity contribution in [2.24, 2.45) is 11.8 Å². The monoisotopic (exact) mass is 270 g/mol. The Bertz CT molecular complexity index is 423. The zero-order chi connectivity index (χ0) is 13.7. The Labute approximate surface area is 112 Å². The summed E-state index contributed by atoms with van der Waals surface area (Å²) in [6.07, 6.45) is 2.33. The van der Waals surface area contributed by atoms with E-state index in [1.54, 1.807) is 6.07 Å². The lowest BCUT2D eigenvalue weighted by atomic mass is 10.0. The standard InChI is InChI=1S/C12H19ClN4O/c1-4-10(7(2)3)16-12(18)8-5-9(13)11(17-14)15-6-8/h5-7,10H,4,14H2,1-3H3,(H,15,17)(H,16,18). The van der Waals surface area contributed by atoms with Crippen molar-refractivity contribution >= 4 is 23.3 Å². The number of nitrogens with one attached hydrogen (secondary N) is 2. The van der Waals surface area contributed by atoms with Gasteiger partial charge in [0.2, 0.25) is 0 Å². The number of nitrogens with two attached hydrogens (primary N) is 1. The first-order valence-corrected chi connectivity index (χ1v) is 6.30. The van der Waals surface area contributed by atoms with Crippen molar-refractivity contribution in [3.05, 3.63) is 22.8 Å². The average molecular weight is 271 g/mol. The van der Waals surface area contributed by atoms with Crippen LogP contribution in [0.3, 0.4) is 0 Å². The van der Waals surface area contributed by atoms with E-state index in [-0.39, 0.29) is 11.9 Å². The van der Waals surface area contributed by atoms with Gasteiger partial charge in [0.25, 0.3) is 5.91 Å². The molecule has 1 unspecified atom stereocenters. The number of nitrogens with zero attached hydrogens (tertiary/aromatic N) is 1. The molecule has 100 valence electrons. The quantitative estimate of drug-likeness (QED) is 0.566. The lowest BCUT2D eigenvalue weighted by Gasteiger charge is -2.20. The second kappa shape index (κ2) is 6.56. The van der Waals surface area contributed by atoms with Crippen LogP contribution in [0.25, 0.3) is 0 Å². The third kappa shape index (κ3) is 3.58. The van der Waals surface area contributed by atoms with Crippen LogP contribution in [-0.4, -0.2) is 16.9 Å². The zero-order valence-electron chi connectivity index (χ0n) is 10.8. The normalized spacial score (nSPS) is 12.3. The van der Waals surface area contributed by atoms with Crippen LogP contribution < -0.4 is 16.6 Å². The molecule has 0 radical (unpaired) electrons. The fraction of sp³-hybridized carbons (Fsp3) is 0.500. The van der Waals surface area contributed by atoms with Crippen LogP contribution in [0.1, 0.15) is 37.6 Å². The molecule has 0 aromatic carbocycles. The molecule has 4 N–H and O–H groups in total. The second-order valence-corrected chi connectivity index (χ2v) is 4.84. The van der Waals surface area contributed by atoms with E-state index in [9.17, 15) is 4.79 Å². The number of carbonyl (C=O) groups excluding carboxylic acids is 1. The molecule has 0 aliphatic carbocycles. The predicted octanol–water partition coefficient (Wildman–Crippen LogP) is 2.18. The van der Waals surface area contributed by atoms with Crippen molar-refractivity contribution < 1.29 is 4.79 Å². The molecule has 0 saturated heterocycles. The molecule has 1 amide bonds. The maximum Gasteiger partial charge on any atom is 0.253 e. The summed E-state index contributed by atoms with van der Waals surface area (Å²) in [5.41, 5.74) is 2.79. The van der Waals surface area contributed by atoms with E-state index in [4.69, 9.17) is 17.4 Å². The van der Waals surface area contributed by atoms with Crippen LogP contribution in [0.4, 0.5) is 5.82 Å². The van der Waals surface area contributed by atoms with E-state index in [2.05, 4.69) is 29.6 Å². The summed E-state index contributed by atoms with van der Waals surface area (Å²) in [5, 5.41) is 3.28. The number of hydrogen-bond donors (Lipinski definition) is 3. The zero-order valence-corrected chi connectivity index (χ0v) is 11.6. The van der Waals surface area contributed by atoms with Gasteiger partial charge in [-0.3, -0.25) is 4.79 Å². The maximum absolute atomic E-state index is 12.0. The molecule has 0 bridgehead atoms. The number of nitrogen functional groups attached to an aromatic ring is 1. The molecule has 0 aliphatic heterocycles. The number of carbonyl (C=O) groups is 1. The lowest BCUT2D eigenvalue weighted by Crippen LogP contribution is -2.38. The Hall–Kier alpha value is -1.33. The molecule has 1 atom stereocenters. The first-order chi connectivity index (χ1) is 8.49. The van der Waals surface area contributed by atoms with E-state index < -0.39 is 0 Å². The van der Waals surface area contributed by atoms with E-state index in [1.165, 1.54) is 6.20 Å². The molecule has 1 heterocycles. The molecule has 1 rings (SSSR count). The molecule has 0 aliphatic rings. The minimum Gasteiger partial charge on any atom is -0.349 e.